The number of sulfonamides is 1. The predicted octanol–water partition coefficient (Wildman–Crippen LogP) is 5.67. The Balaban J connectivity index is 1.14. The van der Waals surface area contributed by atoms with E-state index in [2.05, 4.69) is 15.4 Å². The van der Waals surface area contributed by atoms with E-state index in [9.17, 15) is 27.6 Å². The van der Waals surface area contributed by atoms with E-state index >= 15 is 0 Å². The highest BCUT2D eigenvalue weighted by Crippen LogP contribution is 2.47. The van der Waals surface area contributed by atoms with Gasteiger partial charge in [-0.15, -0.1) is 11.3 Å². The van der Waals surface area contributed by atoms with Crippen LogP contribution in [0.3, 0.4) is 0 Å². The monoisotopic (exact) mass is 881 g/mol. The first-order valence-corrected chi connectivity index (χ1v) is 23.9. The number of halogens is 1. The molecule has 3 aromatic rings. The number of aromatic nitrogens is 2. The maximum Gasteiger partial charge on any atom is 0.318 e. The summed E-state index contributed by atoms with van der Waals surface area (Å²) < 4.78 is 40.5. The lowest BCUT2D eigenvalue weighted by Crippen LogP contribution is -2.59. The molecule has 8 rings (SSSR count). The van der Waals surface area contributed by atoms with Gasteiger partial charge in [-0.05, 0) is 77.3 Å². The third-order valence-corrected chi connectivity index (χ3v) is 15.4. The minimum Gasteiger partial charge on any atom is -0.495 e. The molecule has 1 aromatic carbocycles. The summed E-state index contributed by atoms with van der Waals surface area (Å²) in [7, 11) is -2.39. The second-order valence-electron chi connectivity index (χ2n) is 16.5. The van der Waals surface area contributed by atoms with E-state index in [0.29, 0.717) is 89.2 Å². The number of carbonyl (C=O) groups excluding carboxylic acids is 4. The topological polar surface area (TPSA) is 189 Å². The normalized spacial score (nSPS) is 26.0. The summed E-state index contributed by atoms with van der Waals surface area (Å²) >= 11 is 8.34. The van der Waals surface area contributed by atoms with Crippen LogP contribution in [0.1, 0.15) is 96.1 Å². The molecule has 0 spiro atoms. The number of urea groups is 1. The molecule has 0 unspecified atom stereocenters. The number of nitrogens with one attached hydrogen (secondary N) is 3. The van der Waals surface area contributed by atoms with Gasteiger partial charge in [0.1, 0.15) is 50.9 Å². The van der Waals surface area contributed by atoms with Crippen molar-refractivity contribution >= 4 is 67.6 Å². The number of allylic oxidation sites excluding steroid dienone is 1. The highest BCUT2D eigenvalue weighted by atomic mass is 35.5. The fourth-order valence-corrected chi connectivity index (χ4v) is 10.8. The minimum atomic E-state index is -3.91. The van der Waals surface area contributed by atoms with Gasteiger partial charge in [-0.3, -0.25) is 19.1 Å². The molecule has 5 atom stereocenters. The molecular weight excluding hydrogens is 830 g/mol. The number of fused-ring (bicyclic) bond motifs is 3. The molecule has 2 aliphatic heterocycles. The van der Waals surface area contributed by atoms with Crippen LogP contribution in [-0.2, 0) is 24.4 Å². The zero-order valence-electron chi connectivity index (χ0n) is 34.1. The Morgan fingerprint density at radius 2 is 1.85 bits per heavy atom. The number of rotatable bonds is 11. The number of amides is 5. The van der Waals surface area contributed by atoms with Crippen LogP contribution in [0.15, 0.2) is 35.7 Å². The molecule has 1 saturated heterocycles. The van der Waals surface area contributed by atoms with Crippen molar-refractivity contribution in [2.75, 3.05) is 26.7 Å². The molecule has 322 valence electrons. The van der Waals surface area contributed by atoms with Crippen molar-refractivity contribution in [1.82, 2.24) is 35.1 Å². The van der Waals surface area contributed by atoms with Crippen LogP contribution in [-0.4, -0.2) is 108 Å². The van der Waals surface area contributed by atoms with E-state index in [0.717, 1.165) is 31.4 Å². The lowest BCUT2D eigenvalue weighted by Gasteiger charge is -2.31. The standard InChI is InChI=1S/C42H52ClN7O8S2/c1-4-49(5-2)41(54)46-29-12-10-8-6-7-9-11-25-21-42(25,40(53)48-60(55,56)27-15-16-27)47-37(51)32-19-26(22-50(32)39(29)52)58-34-20-30(38-45-31(23-59-38)24-13-14-24)44-36-28(34)17-18-33(57-3)35(36)43/h9,11,17-18,20,23-27,29,32H,4-8,10,12-16,19,21-22H2,1-3H3,(H,46,54)(H,47,51)(H,48,53)/t25-,26-,29+,32+,42-/m1/s1. The van der Waals surface area contributed by atoms with Crippen LogP contribution in [0.2, 0.25) is 5.02 Å². The van der Waals surface area contributed by atoms with Gasteiger partial charge in [0.05, 0.1) is 30.1 Å². The van der Waals surface area contributed by atoms with E-state index in [1.54, 1.807) is 23.1 Å². The number of thiazole rings is 1. The summed E-state index contributed by atoms with van der Waals surface area (Å²) in [5.74, 6) is -0.988. The third kappa shape index (κ3) is 8.67. The van der Waals surface area contributed by atoms with Crippen LogP contribution in [0.4, 0.5) is 4.79 Å². The molecule has 3 aliphatic carbocycles. The molecule has 0 radical (unpaired) electrons. The Hall–Kier alpha value is -4.48. The van der Waals surface area contributed by atoms with Crippen LogP contribution in [0.25, 0.3) is 21.6 Å². The van der Waals surface area contributed by atoms with Crippen molar-refractivity contribution in [2.45, 2.75) is 119 Å². The molecular formula is C42H52ClN7O8S2. The summed E-state index contributed by atoms with van der Waals surface area (Å²) in [4.78, 5) is 69.5. The van der Waals surface area contributed by atoms with Crippen molar-refractivity contribution in [2.24, 2.45) is 5.92 Å². The van der Waals surface area contributed by atoms with Crippen LogP contribution in [0, 0.1) is 5.92 Å². The predicted molar refractivity (Wildman–Crippen MR) is 227 cm³/mol. The van der Waals surface area contributed by atoms with Crippen molar-refractivity contribution in [3.05, 3.63) is 46.4 Å². The molecule has 4 heterocycles. The Kier molecular flexibility index (Phi) is 12.0. The van der Waals surface area contributed by atoms with Gasteiger partial charge in [-0.25, -0.2) is 23.2 Å². The van der Waals surface area contributed by atoms with E-state index in [1.807, 2.05) is 31.4 Å². The number of methoxy groups -OCH3 is 1. The van der Waals surface area contributed by atoms with Gasteiger partial charge in [-0.2, -0.15) is 0 Å². The summed E-state index contributed by atoms with van der Waals surface area (Å²) in [6.07, 6.45) is 9.79. The van der Waals surface area contributed by atoms with Crippen LogP contribution < -0.4 is 24.8 Å². The van der Waals surface area contributed by atoms with Crippen LogP contribution in [0.5, 0.6) is 11.5 Å². The molecule has 3 N–H and O–H groups in total. The van der Waals surface area contributed by atoms with Crippen molar-refractivity contribution in [1.29, 1.82) is 0 Å². The average Bonchev–Trinajstić information content (AvgIpc) is 4.18. The number of pyridine rings is 1. The summed E-state index contributed by atoms with van der Waals surface area (Å²) in [5, 5.41) is 8.87. The highest BCUT2D eigenvalue weighted by Gasteiger charge is 2.62. The number of ether oxygens (including phenoxy) is 2. The van der Waals surface area contributed by atoms with E-state index in [4.69, 9.17) is 31.0 Å². The van der Waals surface area contributed by atoms with Gasteiger partial charge in [-0.1, -0.05) is 36.6 Å². The third-order valence-electron chi connectivity index (χ3n) is 12.3. The molecule has 60 heavy (non-hydrogen) atoms. The quantitative estimate of drug-likeness (QED) is 0.203. The summed E-state index contributed by atoms with van der Waals surface area (Å²) in [5.41, 5.74) is 0.494. The van der Waals surface area contributed by atoms with Crippen LogP contribution >= 0.6 is 22.9 Å². The first kappa shape index (κ1) is 42.2. The van der Waals surface area contributed by atoms with Gasteiger partial charge < -0.3 is 29.9 Å². The molecule has 2 aromatic heterocycles. The average molecular weight is 883 g/mol. The Labute approximate surface area is 359 Å². The van der Waals surface area contributed by atoms with Crippen molar-refractivity contribution in [3.8, 4) is 22.2 Å². The van der Waals surface area contributed by atoms with Gasteiger partial charge in [0, 0.05) is 48.2 Å². The Bertz CT molecular complexity index is 2310. The Morgan fingerprint density at radius 3 is 2.57 bits per heavy atom. The molecule has 3 saturated carbocycles. The molecule has 18 heteroatoms. The summed E-state index contributed by atoms with van der Waals surface area (Å²) in [6.45, 7) is 4.61. The smallest absolute Gasteiger partial charge is 0.318 e. The number of nitrogens with zero attached hydrogens (tertiary/aromatic N) is 4. The summed E-state index contributed by atoms with van der Waals surface area (Å²) in [6, 6.07) is 2.88. The number of hydrogen-bond acceptors (Lipinski definition) is 11. The van der Waals surface area contributed by atoms with Crippen molar-refractivity contribution < 1.29 is 37.1 Å². The lowest BCUT2D eigenvalue weighted by atomic mass is 10.0. The fraction of sp³-hybridized carbons (Fsp3) is 0.571. The zero-order chi connectivity index (χ0) is 42.3. The first-order chi connectivity index (χ1) is 28.8. The van der Waals surface area contributed by atoms with E-state index in [-0.39, 0.29) is 25.4 Å². The molecule has 0 bridgehead atoms. The van der Waals surface area contributed by atoms with E-state index in [1.165, 1.54) is 23.3 Å². The Morgan fingerprint density at radius 1 is 1.07 bits per heavy atom. The fourth-order valence-electron chi connectivity index (χ4n) is 8.32. The minimum absolute atomic E-state index is 0.0146. The second kappa shape index (κ2) is 17.1. The molecule has 5 aliphatic rings. The maximum atomic E-state index is 14.8. The molecule has 15 nitrogen and oxygen atoms in total. The molecule has 5 amide bonds. The highest BCUT2D eigenvalue weighted by molar-refractivity contribution is 7.91. The number of carbonyl (C=O) groups is 4. The second-order valence-corrected chi connectivity index (χ2v) is 19.7. The van der Waals surface area contributed by atoms with Crippen molar-refractivity contribution in [3.63, 3.8) is 0 Å². The number of benzene rings is 1. The zero-order valence-corrected chi connectivity index (χ0v) is 36.5. The van der Waals surface area contributed by atoms with Gasteiger partial charge >= 0.3 is 6.03 Å². The maximum absolute atomic E-state index is 14.8. The SMILES string of the molecule is CCN(CC)C(=O)N[C@H]1CCCCCC=C[C@@H]2C[C@@]2(C(=O)NS(=O)(=O)C2CC2)NC(=O)[C@@H]2C[C@@H](Oc3cc(-c4nc(C5CC5)cs4)nc4c(Cl)c(OC)ccc34)CN2C1=O. The largest absolute Gasteiger partial charge is 0.495 e. The molecule has 4 fully saturated rings. The lowest BCUT2D eigenvalue weighted by molar-refractivity contribution is -0.141. The first-order valence-electron chi connectivity index (χ1n) is 21.1. The van der Waals surface area contributed by atoms with E-state index < -0.39 is 62.6 Å². The van der Waals surface area contributed by atoms with Gasteiger partial charge in [0.2, 0.25) is 21.8 Å². The number of hydrogen-bond donors (Lipinski definition) is 3. The van der Waals surface area contributed by atoms with Gasteiger partial charge in [0.15, 0.2) is 0 Å². The van der Waals surface area contributed by atoms with Gasteiger partial charge in [0.25, 0.3) is 5.91 Å².